The summed E-state index contributed by atoms with van der Waals surface area (Å²) in [5.41, 5.74) is 5.13. The molecule has 0 bridgehead atoms. The van der Waals surface area contributed by atoms with Crippen LogP contribution in [0.4, 0.5) is 15.8 Å². The summed E-state index contributed by atoms with van der Waals surface area (Å²) in [6.07, 6.45) is 1.71. The number of hydrogen-bond donors (Lipinski definition) is 1. The predicted octanol–water partition coefficient (Wildman–Crippen LogP) is 4.10. The zero-order chi connectivity index (χ0) is 25.6. The molecule has 0 atom stereocenters. The largest absolute Gasteiger partial charge is 0.378 e. The molecule has 2 aliphatic heterocycles. The van der Waals surface area contributed by atoms with Crippen molar-refractivity contribution < 1.29 is 13.9 Å². The third-order valence-corrected chi connectivity index (χ3v) is 6.90. The minimum Gasteiger partial charge on any atom is -0.378 e. The van der Waals surface area contributed by atoms with Crippen LogP contribution in [0, 0.1) is 5.82 Å². The van der Waals surface area contributed by atoms with Crippen LogP contribution >= 0.6 is 0 Å². The fraction of sp³-hybridized carbons (Fsp3) is 0.310. The van der Waals surface area contributed by atoms with Crippen molar-refractivity contribution in [3.05, 3.63) is 96.1 Å². The average Bonchev–Trinajstić information content (AvgIpc) is 2.95. The lowest BCUT2D eigenvalue weighted by Gasteiger charge is -2.37. The van der Waals surface area contributed by atoms with Gasteiger partial charge in [0.05, 0.1) is 13.2 Å². The van der Waals surface area contributed by atoms with Gasteiger partial charge in [0.2, 0.25) is 0 Å². The van der Waals surface area contributed by atoms with Crippen LogP contribution in [0.15, 0.2) is 73.4 Å². The van der Waals surface area contributed by atoms with Crippen LogP contribution in [-0.4, -0.2) is 73.2 Å². The molecule has 0 saturated carbocycles. The first-order valence-electron chi connectivity index (χ1n) is 12.7. The van der Waals surface area contributed by atoms with Crippen LogP contribution in [0.3, 0.4) is 0 Å². The summed E-state index contributed by atoms with van der Waals surface area (Å²) >= 11 is 0. The Morgan fingerprint density at radius 3 is 2.27 bits per heavy atom. The summed E-state index contributed by atoms with van der Waals surface area (Å²) in [7, 11) is 0. The van der Waals surface area contributed by atoms with E-state index in [1.807, 2.05) is 42.5 Å². The Kier molecular flexibility index (Phi) is 7.77. The highest BCUT2D eigenvalue weighted by atomic mass is 19.1. The number of piperazine rings is 1. The molecule has 1 amide bonds. The zero-order valence-electron chi connectivity index (χ0n) is 20.9. The van der Waals surface area contributed by atoms with Crippen molar-refractivity contribution >= 4 is 23.0 Å². The lowest BCUT2D eigenvalue weighted by Crippen LogP contribution is -2.44. The van der Waals surface area contributed by atoms with Crippen LogP contribution in [-0.2, 0) is 11.3 Å². The number of carbonyl (C=O) groups excluding carboxylic acids is 1. The second-order valence-electron chi connectivity index (χ2n) is 9.37. The van der Waals surface area contributed by atoms with Gasteiger partial charge in [0.25, 0.3) is 5.91 Å². The van der Waals surface area contributed by atoms with Gasteiger partial charge in [-0.05, 0) is 54.1 Å². The standard InChI is InChI=1S/C29H32FN5O2/c1-22(34-14-12-33(13-15-34)21-23-2-5-25(30)6-3-23)24-4-11-28(31-20-24)29(36)32-26-7-9-27(10-8-26)35-16-18-37-19-17-35/h2-11,20H,1,12-19,21H2,(H,32,36). The van der Waals surface area contributed by atoms with E-state index in [9.17, 15) is 9.18 Å². The summed E-state index contributed by atoms with van der Waals surface area (Å²) in [4.78, 5) is 24.0. The molecule has 0 spiro atoms. The second kappa shape index (κ2) is 11.5. The number of aromatic nitrogens is 1. The van der Waals surface area contributed by atoms with Crippen LogP contribution in [0.25, 0.3) is 5.70 Å². The molecule has 0 aliphatic carbocycles. The fourth-order valence-electron chi connectivity index (χ4n) is 4.68. The number of nitrogens with one attached hydrogen (secondary N) is 1. The molecule has 2 aromatic carbocycles. The van der Waals surface area contributed by atoms with Crippen molar-refractivity contribution in [2.24, 2.45) is 0 Å². The maximum absolute atomic E-state index is 13.1. The van der Waals surface area contributed by atoms with Crippen molar-refractivity contribution in [1.29, 1.82) is 0 Å². The van der Waals surface area contributed by atoms with Crippen LogP contribution in [0.1, 0.15) is 21.6 Å². The van der Waals surface area contributed by atoms with E-state index in [4.69, 9.17) is 4.74 Å². The topological polar surface area (TPSA) is 60.9 Å². The summed E-state index contributed by atoms with van der Waals surface area (Å²) in [6.45, 7) is 11.8. The number of nitrogens with zero attached hydrogens (tertiary/aromatic N) is 4. The Labute approximate surface area is 217 Å². The van der Waals surface area contributed by atoms with Crippen molar-refractivity contribution in [1.82, 2.24) is 14.8 Å². The lowest BCUT2D eigenvalue weighted by molar-refractivity contribution is 0.102. The van der Waals surface area contributed by atoms with E-state index in [2.05, 4.69) is 31.6 Å². The Morgan fingerprint density at radius 1 is 0.919 bits per heavy atom. The molecular weight excluding hydrogens is 469 g/mol. The van der Waals surface area contributed by atoms with Gasteiger partial charge in [0.15, 0.2) is 0 Å². The molecule has 2 aliphatic rings. The van der Waals surface area contributed by atoms with E-state index in [0.717, 1.165) is 87.2 Å². The SMILES string of the molecule is C=C(c1ccc(C(=O)Nc2ccc(N3CCOCC3)cc2)nc1)N1CCN(Cc2ccc(F)cc2)CC1. The molecule has 8 heteroatoms. The highest BCUT2D eigenvalue weighted by molar-refractivity contribution is 6.03. The van der Waals surface area contributed by atoms with Crippen molar-refractivity contribution in [3.8, 4) is 0 Å². The number of ether oxygens (including phenoxy) is 1. The Balaban J connectivity index is 1.12. The van der Waals surface area contributed by atoms with Gasteiger partial charge in [0.1, 0.15) is 11.5 Å². The lowest BCUT2D eigenvalue weighted by atomic mass is 10.1. The molecule has 2 saturated heterocycles. The molecule has 3 heterocycles. The number of halogens is 1. The van der Waals surface area contributed by atoms with Gasteiger partial charge in [-0.3, -0.25) is 14.7 Å². The van der Waals surface area contributed by atoms with Crippen LogP contribution in [0.5, 0.6) is 0 Å². The number of hydrogen-bond acceptors (Lipinski definition) is 6. The molecule has 37 heavy (non-hydrogen) atoms. The minimum absolute atomic E-state index is 0.208. The summed E-state index contributed by atoms with van der Waals surface area (Å²) in [5, 5.41) is 2.92. The van der Waals surface area contributed by atoms with Crippen LogP contribution in [0.2, 0.25) is 0 Å². The number of carbonyl (C=O) groups is 1. The van der Waals surface area contributed by atoms with Crippen molar-refractivity contribution in [3.63, 3.8) is 0 Å². The Hall–Kier alpha value is -3.75. The molecule has 0 unspecified atom stereocenters. The van der Waals surface area contributed by atoms with Gasteiger partial charge < -0.3 is 19.9 Å². The minimum atomic E-state index is -0.245. The second-order valence-corrected chi connectivity index (χ2v) is 9.37. The summed E-state index contributed by atoms with van der Waals surface area (Å²) < 4.78 is 18.6. The first-order chi connectivity index (χ1) is 18.0. The van der Waals surface area contributed by atoms with Crippen molar-refractivity contribution in [2.75, 3.05) is 62.7 Å². The molecular formula is C29H32FN5O2. The third kappa shape index (κ3) is 6.34. The van der Waals surface area contributed by atoms with E-state index < -0.39 is 0 Å². The molecule has 5 rings (SSSR count). The van der Waals surface area contributed by atoms with Gasteiger partial charge in [-0.15, -0.1) is 0 Å². The van der Waals surface area contributed by atoms with E-state index >= 15 is 0 Å². The summed E-state index contributed by atoms with van der Waals surface area (Å²) in [6, 6.07) is 18.2. The quantitative estimate of drug-likeness (QED) is 0.526. The maximum atomic E-state index is 13.1. The van der Waals surface area contributed by atoms with E-state index in [0.29, 0.717) is 5.69 Å². The van der Waals surface area contributed by atoms with Crippen LogP contribution < -0.4 is 10.2 Å². The first-order valence-corrected chi connectivity index (χ1v) is 12.7. The Morgan fingerprint density at radius 2 is 1.62 bits per heavy atom. The molecule has 1 N–H and O–H groups in total. The van der Waals surface area contributed by atoms with Gasteiger partial charge in [-0.25, -0.2) is 4.39 Å². The monoisotopic (exact) mass is 501 g/mol. The first kappa shape index (κ1) is 24.9. The third-order valence-electron chi connectivity index (χ3n) is 6.90. The van der Waals surface area contributed by atoms with Gasteiger partial charge >= 0.3 is 0 Å². The molecule has 0 radical (unpaired) electrons. The number of amides is 1. The highest BCUT2D eigenvalue weighted by Crippen LogP contribution is 2.21. The van der Waals surface area contributed by atoms with Gasteiger partial charge in [0, 0.05) is 74.6 Å². The molecule has 3 aromatic rings. The number of rotatable bonds is 7. The fourth-order valence-corrected chi connectivity index (χ4v) is 4.68. The smallest absolute Gasteiger partial charge is 0.274 e. The summed E-state index contributed by atoms with van der Waals surface area (Å²) in [5.74, 6) is -0.453. The van der Waals surface area contributed by atoms with E-state index in [-0.39, 0.29) is 11.7 Å². The molecule has 1 aromatic heterocycles. The number of benzene rings is 2. The number of anilines is 2. The number of pyridine rings is 1. The van der Waals surface area contributed by atoms with Gasteiger partial charge in [-0.1, -0.05) is 18.7 Å². The maximum Gasteiger partial charge on any atom is 0.274 e. The molecule has 7 nitrogen and oxygen atoms in total. The molecule has 192 valence electrons. The van der Waals surface area contributed by atoms with Crippen molar-refractivity contribution in [2.45, 2.75) is 6.54 Å². The zero-order valence-corrected chi connectivity index (χ0v) is 20.9. The predicted molar refractivity (Wildman–Crippen MR) is 144 cm³/mol. The average molecular weight is 502 g/mol. The van der Waals surface area contributed by atoms with E-state index in [1.165, 1.54) is 12.1 Å². The van der Waals surface area contributed by atoms with Gasteiger partial charge in [-0.2, -0.15) is 0 Å². The Bertz CT molecular complexity index is 1200. The number of morpholine rings is 1. The van der Waals surface area contributed by atoms with E-state index in [1.54, 1.807) is 12.3 Å². The molecule has 2 fully saturated rings. The normalized spacial score (nSPS) is 16.5. The highest BCUT2D eigenvalue weighted by Gasteiger charge is 2.19.